The van der Waals surface area contributed by atoms with E-state index < -0.39 is 5.97 Å². The Morgan fingerprint density at radius 1 is 1.15 bits per heavy atom. The van der Waals surface area contributed by atoms with Crippen LogP contribution in [-0.4, -0.2) is 11.1 Å². The van der Waals surface area contributed by atoms with Gasteiger partial charge in [0.15, 0.2) is 0 Å². The summed E-state index contributed by atoms with van der Waals surface area (Å²) >= 11 is 3.62. The van der Waals surface area contributed by atoms with Crippen LogP contribution in [0.3, 0.4) is 0 Å². The highest BCUT2D eigenvalue weighted by molar-refractivity contribution is 14.1. The minimum Gasteiger partial charge on any atom is -0.477 e. The lowest BCUT2D eigenvalue weighted by atomic mass is 10.0. The molecule has 0 aliphatic heterocycles. The van der Waals surface area contributed by atoms with Gasteiger partial charge in [-0.1, -0.05) is 30.3 Å². The zero-order valence-electron chi connectivity index (χ0n) is 10.5. The van der Waals surface area contributed by atoms with Crippen LogP contribution in [0.25, 0.3) is 10.1 Å². The predicted octanol–water partition coefficient (Wildman–Crippen LogP) is 4.79. The van der Waals surface area contributed by atoms with Crippen molar-refractivity contribution in [2.45, 2.75) is 6.42 Å². The van der Waals surface area contributed by atoms with Crippen LogP contribution in [0.5, 0.6) is 0 Å². The lowest BCUT2D eigenvalue weighted by molar-refractivity contribution is 0.0701. The van der Waals surface area contributed by atoms with Crippen molar-refractivity contribution >= 4 is 50.0 Å². The maximum absolute atomic E-state index is 11.5. The molecule has 0 aliphatic rings. The highest BCUT2D eigenvalue weighted by atomic mass is 127. The van der Waals surface area contributed by atoms with Crippen molar-refractivity contribution in [3.8, 4) is 0 Å². The summed E-state index contributed by atoms with van der Waals surface area (Å²) in [5.41, 5.74) is 2.05. The quantitative estimate of drug-likeness (QED) is 0.649. The molecule has 0 amide bonds. The molecule has 20 heavy (non-hydrogen) atoms. The number of rotatable bonds is 3. The minimum absolute atomic E-state index is 0.450. The van der Waals surface area contributed by atoms with E-state index in [2.05, 4.69) is 28.7 Å². The molecule has 0 atom stereocenters. The van der Waals surface area contributed by atoms with Crippen LogP contribution in [0.4, 0.5) is 0 Å². The molecule has 0 unspecified atom stereocenters. The average molecular weight is 394 g/mol. The number of benzene rings is 2. The Labute approximate surface area is 134 Å². The van der Waals surface area contributed by atoms with E-state index in [0.717, 1.165) is 24.8 Å². The van der Waals surface area contributed by atoms with Crippen LogP contribution < -0.4 is 0 Å². The summed E-state index contributed by atoms with van der Waals surface area (Å²) in [6, 6.07) is 16.1. The van der Waals surface area contributed by atoms with Crippen LogP contribution in [0.1, 0.15) is 20.8 Å². The molecule has 1 aromatic heterocycles. The Balaban J connectivity index is 2.18. The van der Waals surface area contributed by atoms with Gasteiger partial charge in [-0.05, 0) is 63.7 Å². The van der Waals surface area contributed by atoms with Crippen LogP contribution in [-0.2, 0) is 6.42 Å². The van der Waals surface area contributed by atoms with E-state index in [-0.39, 0.29) is 0 Å². The van der Waals surface area contributed by atoms with Crippen LogP contribution in [0.2, 0.25) is 0 Å². The second kappa shape index (κ2) is 5.54. The number of fused-ring (bicyclic) bond motifs is 1. The standard InChI is InChI=1S/C16H11IO2S/c17-11-6-7-14-12(9-11)13(15(20-14)16(18)19)8-10-4-2-1-3-5-10/h1-7,9H,8H2,(H,18,19). The fourth-order valence-electron chi connectivity index (χ4n) is 2.27. The van der Waals surface area contributed by atoms with E-state index in [4.69, 9.17) is 0 Å². The Hall–Kier alpha value is -1.40. The summed E-state index contributed by atoms with van der Waals surface area (Å²) in [5, 5.41) is 10.5. The van der Waals surface area contributed by atoms with Crippen molar-refractivity contribution < 1.29 is 9.90 Å². The van der Waals surface area contributed by atoms with Gasteiger partial charge in [-0.2, -0.15) is 0 Å². The number of carboxylic acids is 1. The predicted molar refractivity (Wildman–Crippen MR) is 90.7 cm³/mol. The number of carboxylic acid groups (broad SMARTS) is 1. The molecule has 1 N–H and O–H groups in total. The third-order valence-corrected chi connectivity index (χ3v) is 5.04. The molecule has 3 rings (SSSR count). The number of hydrogen-bond donors (Lipinski definition) is 1. The first-order valence-electron chi connectivity index (χ1n) is 6.13. The zero-order chi connectivity index (χ0) is 14.1. The van der Waals surface area contributed by atoms with Crippen LogP contribution in [0.15, 0.2) is 48.5 Å². The van der Waals surface area contributed by atoms with Gasteiger partial charge in [-0.25, -0.2) is 4.79 Å². The Morgan fingerprint density at radius 2 is 1.90 bits per heavy atom. The Morgan fingerprint density at radius 3 is 2.60 bits per heavy atom. The molecule has 0 spiro atoms. The van der Waals surface area contributed by atoms with Crippen molar-refractivity contribution in [1.82, 2.24) is 0 Å². The van der Waals surface area contributed by atoms with Gasteiger partial charge in [0.25, 0.3) is 0 Å². The van der Waals surface area contributed by atoms with Crippen molar-refractivity contribution in [1.29, 1.82) is 0 Å². The topological polar surface area (TPSA) is 37.3 Å². The lowest BCUT2D eigenvalue weighted by Crippen LogP contribution is -1.98. The van der Waals surface area contributed by atoms with E-state index in [9.17, 15) is 9.90 Å². The summed E-state index contributed by atoms with van der Waals surface area (Å²) in [5.74, 6) is -0.841. The van der Waals surface area contributed by atoms with Gasteiger partial charge in [0, 0.05) is 8.27 Å². The number of halogens is 1. The van der Waals surface area contributed by atoms with E-state index in [1.807, 2.05) is 42.5 Å². The number of hydrogen-bond acceptors (Lipinski definition) is 2. The van der Waals surface area contributed by atoms with E-state index in [1.165, 1.54) is 11.3 Å². The average Bonchev–Trinajstić information content (AvgIpc) is 2.78. The maximum Gasteiger partial charge on any atom is 0.346 e. The molecule has 0 bridgehead atoms. The molecule has 2 aromatic carbocycles. The molecule has 0 radical (unpaired) electrons. The van der Waals surface area contributed by atoms with Gasteiger partial charge in [0.2, 0.25) is 0 Å². The molecule has 0 saturated carbocycles. The highest BCUT2D eigenvalue weighted by Crippen LogP contribution is 2.34. The number of thiophene rings is 1. The third-order valence-electron chi connectivity index (χ3n) is 3.17. The summed E-state index contributed by atoms with van der Waals surface area (Å²) in [7, 11) is 0. The SMILES string of the molecule is O=C(O)c1sc2ccc(I)cc2c1Cc1ccccc1. The molecule has 1 heterocycles. The summed E-state index contributed by atoms with van der Waals surface area (Å²) in [6.07, 6.45) is 0.655. The summed E-state index contributed by atoms with van der Waals surface area (Å²) in [6.45, 7) is 0. The first kappa shape index (κ1) is 13.6. The van der Waals surface area contributed by atoms with Gasteiger partial charge in [-0.15, -0.1) is 11.3 Å². The Bertz CT molecular complexity index is 778. The summed E-state index contributed by atoms with van der Waals surface area (Å²) < 4.78 is 2.16. The second-order valence-electron chi connectivity index (χ2n) is 4.52. The smallest absolute Gasteiger partial charge is 0.346 e. The fraction of sp³-hybridized carbons (Fsp3) is 0.0625. The molecule has 0 saturated heterocycles. The molecular weight excluding hydrogens is 383 g/mol. The molecule has 100 valence electrons. The van der Waals surface area contributed by atoms with E-state index >= 15 is 0 Å². The van der Waals surface area contributed by atoms with Crippen molar-refractivity contribution in [2.24, 2.45) is 0 Å². The minimum atomic E-state index is -0.841. The van der Waals surface area contributed by atoms with Gasteiger partial charge in [0.1, 0.15) is 4.88 Å². The molecule has 4 heteroatoms. The third kappa shape index (κ3) is 2.58. The monoisotopic (exact) mass is 394 g/mol. The Kier molecular flexibility index (Phi) is 3.76. The highest BCUT2D eigenvalue weighted by Gasteiger charge is 2.18. The van der Waals surface area contributed by atoms with Gasteiger partial charge >= 0.3 is 5.97 Å². The van der Waals surface area contributed by atoms with Crippen LogP contribution in [0, 0.1) is 3.57 Å². The van der Waals surface area contributed by atoms with Crippen LogP contribution >= 0.6 is 33.9 Å². The lowest BCUT2D eigenvalue weighted by Gasteiger charge is -2.03. The van der Waals surface area contributed by atoms with Crippen molar-refractivity contribution in [3.05, 3.63) is 68.1 Å². The first-order chi connectivity index (χ1) is 9.65. The molecular formula is C16H11IO2S. The fourth-order valence-corrected chi connectivity index (χ4v) is 3.80. The maximum atomic E-state index is 11.5. The first-order valence-corrected chi connectivity index (χ1v) is 8.03. The van der Waals surface area contributed by atoms with Gasteiger partial charge < -0.3 is 5.11 Å². The zero-order valence-corrected chi connectivity index (χ0v) is 13.4. The molecule has 2 nitrogen and oxygen atoms in total. The van der Waals surface area contributed by atoms with Crippen molar-refractivity contribution in [2.75, 3.05) is 0 Å². The largest absolute Gasteiger partial charge is 0.477 e. The van der Waals surface area contributed by atoms with E-state index in [0.29, 0.717) is 11.3 Å². The van der Waals surface area contributed by atoms with Crippen molar-refractivity contribution in [3.63, 3.8) is 0 Å². The normalized spacial score (nSPS) is 10.8. The number of carbonyl (C=O) groups is 1. The molecule has 3 aromatic rings. The molecule has 0 aliphatic carbocycles. The number of aromatic carboxylic acids is 1. The van der Waals surface area contributed by atoms with Gasteiger partial charge in [-0.3, -0.25) is 0 Å². The summed E-state index contributed by atoms with van der Waals surface area (Å²) in [4.78, 5) is 11.9. The molecule has 0 fully saturated rings. The second-order valence-corrected chi connectivity index (χ2v) is 6.82. The van der Waals surface area contributed by atoms with E-state index in [1.54, 1.807) is 0 Å². The van der Waals surface area contributed by atoms with Gasteiger partial charge in [0.05, 0.1) is 0 Å².